The highest BCUT2D eigenvalue weighted by molar-refractivity contribution is 6.12. The van der Waals surface area contributed by atoms with Gasteiger partial charge in [0.15, 0.2) is 16.9 Å². The molecular formula is C20H18N8O3. The fourth-order valence-corrected chi connectivity index (χ4v) is 3.76. The van der Waals surface area contributed by atoms with E-state index in [1.807, 2.05) is 12.1 Å². The van der Waals surface area contributed by atoms with E-state index < -0.39 is 5.91 Å². The van der Waals surface area contributed by atoms with E-state index in [0.29, 0.717) is 41.6 Å². The molecule has 4 heterocycles. The van der Waals surface area contributed by atoms with Crippen molar-refractivity contribution in [2.24, 2.45) is 0 Å². The Morgan fingerprint density at radius 2 is 2.13 bits per heavy atom. The molecule has 1 aliphatic rings. The Morgan fingerprint density at radius 1 is 1.29 bits per heavy atom. The maximum atomic E-state index is 13.0. The minimum atomic E-state index is -0.547. The van der Waals surface area contributed by atoms with Crippen molar-refractivity contribution < 1.29 is 14.0 Å². The molecule has 3 aromatic heterocycles. The van der Waals surface area contributed by atoms with Gasteiger partial charge in [-0.05, 0) is 24.6 Å². The molecular weight excluding hydrogens is 400 g/mol. The average molecular weight is 418 g/mol. The number of aromatic nitrogens is 5. The third-order valence-electron chi connectivity index (χ3n) is 5.24. The number of para-hydroxylation sites is 2. The molecule has 1 atom stereocenters. The quantitative estimate of drug-likeness (QED) is 0.477. The molecule has 0 radical (unpaired) electrons. The number of fused-ring (bicyclic) bond motifs is 2. The Morgan fingerprint density at radius 3 is 2.94 bits per heavy atom. The molecule has 1 aromatic carbocycles. The Bertz CT molecular complexity index is 1310. The lowest BCUT2D eigenvalue weighted by Gasteiger charge is -2.14. The first kappa shape index (κ1) is 18.7. The number of likely N-dealkylation sites (tertiary alicyclic amines) is 1. The zero-order valence-electron chi connectivity index (χ0n) is 16.4. The van der Waals surface area contributed by atoms with Crippen LogP contribution in [0.15, 0.2) is 47.7 Å². The smallest absolute Gasteiger partial charge is 0.302 e. The highest BCUT2D eigenvalue weighted by Gasteiger charge is 2.31. The molecule has 1 fully saturated rings. The standard InChI is InChI=1S/C20H18N8O3/c1-2-14(29)27-8-7-11(9-27)28-18-15(17(21)22-10-23-18)16(26-28)19(30)25-20-24-12-5-3-4-6-13(12)31-20/h2-6,10-11H,1,7-9H2,(H2,21,22,23)(H,24,25,30)/t11-/m1/s1. The van der Waals surface area contributed by atoms with Crippen molar-refractivity contribution in [3.63, 3.8) is 0 Å². The van der Waals surface area contributed by atoms with Crippen LogP contribution in [0, 0.1) is 0 Å². The lowest BCUT2D eigenvalue weighted by Crippen LogP contribution is -2.27. The first-order valence-corrected chi connectivity index (χ1v) is 9.62. The van der Waals surface area contributed by atoms with Crippen LogP contribution in [0.1, 0.15) is 23.0 Å². The van der Waals surface area contributed by atoms with Gasteiger partial charge in [0.1, 0.15) is 17.7 Å². The topological polar surface area (TPSA) is 145 Å². The van der Waals surface area contributed by atoms with Gasteiger partial charge in [0.05, 0.1) is 11.4 Å². The summed E-state index contributed by atoms with van der Waals surface area (Å²) < 4.78 is 7.20. The summed E-state index contributed by atoms with van der Waals surface area (Å²) in [6.07, 6.45) is 3.26. The molecule has 2 amide bonds. The number of benzene rings is 1. The minimum absolute atomic E-state index is 0.0490. The van der Waals surface area contributed by atoms with Crippen molar-refractivity contribution in [1.82, 2.24) is 29.6 Å². The van der Waals surface area contributed by atoms with E-state index in [9.17, 15) is 9.59 Å². The summed E-state index contributed by atoms with van der Waals surface area (Å²) in [7, 11) is 0. The van der Waals surface area contributed by atoms with Crippen LogP contribution >= 0.6 is 0 Å². The summed E-state index contributed by atoms with van der Waals surface area (Å²) in [6, 6.07) is 7.06. The van der Waals surface area contributed by atoms with Crippen molar-refractivity contribution in [2.75, 3.05) is 24.1 Å². The zero-order valence-corrected chi connectivity index (χ0v) is 16.4. The Balaban J connectivity index is 1.50. The van der Waals surface area contributed by atoms with Crippen molar-refractivity contribution in [3.05, 3.63) is 48.9 Å². The summed E-state index contributed by atoms with van der Waals surface area (Å²) in [5, 5.41) is 7.45. The molecule has 0 unspecified atom stereocenters. The normalized spacial score (nSPS) is 16.1. The molecule has 0 aliphatic carbocycles. The lowest BCUT2D eigenvalue weighted by atomic mass is 10.2. The molecule has 31 heavy (non-hydrogen) atoms. The van der Waals surface area contributed by atoms with Gasteiger partial charge in [-0.15, -0.1) is 0 Å². The largest absolute Gasteiger partial charge is 0.423 e. The van der Waals surface area contributed by atoms with Crippen LogP contribution in [-0.2, 0) is 4.79 Å². The number of nitrogens with two attached hydrogens (primary N) is 1. The molecule has 3 N–H and O–H groups in total. The molecule has 0 saturated carbocycles. The van der Waals surface area contributed by atoms with Gasteiger partial charge in [-0.3, -0.25) is 14.9 Å². The number of hydrogen-bond donors (Lipinski definition) is 2. The van der Waals surface area contributed by atoms with E-state index in [1.165, 1.54) is 12.4 Å². The minimum Gasteiger partial charge on any atom is -0.423 e. The first-order valence-electron chi connectivity index (χ1n) is 9.62. The number of oxazole rings is 1. The fourth-order valence-electron chi connectivity index (χ4n) is 3.76. The van der Waals surface area contributed by atoms with Crippen molar-refractivity contribution >= 4 is 45.8 Å². The van der Waals surface area contributed by atoms with Gasteiger partial charge in [-0.25, -0.2) is 14.6 Å². The van der Waals surface area contributed by atoms with Gasteiger partial charge >= 0.3 is 6.01 Å². The maximum Gasteiger partial charge on any atom is 0.302 e. The maximum absolute atomic E-state index is 13.0. The van der Waals surface area contributed by atoms with E-state index >= 15 is 0 Å². The second-order valence-corrected chi connectivity index (χ2v) is 7.12. The van der Waals surface area contributed by atoms with Crippen molar-refractivity contribution in [2.45, 2.75) is 12.5 Å². The highest BCUT2D eigenvalue weighted by Crippen LogP contribution is 2.29. The zero-order chi connectivity index (χ0) is 21.5. The van der Waals surface area contributed by atoms with Gasteiger partial charge in [0.2, 0.25) is 5.91 Å². The molecule has 0 spiro atoms. The number of carbonyl (C=O) groups excluding carboxylic acids is 2. The van der Waals surface area contributed by atoms with Crippen LogP contribution in [0.3, 0.4) is 0 Å². The first-order chi connectivity index (χ1) is 15.0. The highest BCUT2D eigenvalue weighted by atomic mass is 16.4. The van der Waals surface area contributed by atoms with E-state index in [1.54, 1.807) is 21.7 Å². The van der Waals surface area contributed by atoms with Crippen LogP contribution in [0.25, 0.3) is 22.1 Å². The van der Waals surface area contributed by atoms with Gasteiger partial charge < -0.3 is 15.1 Å². The van der Waals surface area contributed by atoms with Gasteiger partial charge in [0, 0.05) is 13.1 Å². The molecule has 5 rings (SSSR count). The number of nitrogens with one attached hydrogen (secondary N) is 1. The monoisotopic (exact) mass is 418 g/mol. The van der Waals surface area contributed by atoms with Crippen LogP contribution in [0.4, 0.5) is 11.8 Å². The fraction of sp³-hybridized carbons (Fsp3) is 0.200. The van der Waals surface area contributed by atoms with E-state index in [4.69, 9.17) is 10.2 Å². The number of anilines is 2. The lowest BCUT2D eigenvalue weighted by molar-refractivity contribution is -0.125. The van der Waals surface area contributed by atoms with E-state index in [0.717, 1.165) is 0 Å². The molecule has 0 bridgehead atoms. The third kappa shape index (κ3) is 3.16. The summed E-state index contributed by atoms with van der Waals surface area (Å²) >= 11 is 0. The predicted molar refractivity (Wildman–Crippen MR) is 112 cm³/mol. The molecule has 1 saturated heterocycles. The van der Waals surface area contributed by atoms with Crippen molar-refractivity contribution in [3.8, 4) is 0 Å². The van der Waals surface area contributed by atoms with Crippen LogP contribution < -0.4 is 11.1 Å². The second-order valence-electron chi connectivity index (χ2n) is 7.12. The number of carbonyl (C=O) groups is 2. The summed E-state index contributed by atoms with van der Waals surface area (Å²) in [6.45, 7) is 4.51. The van der Waals surface area contributed by atoms with Gasteiger partial charge in [-0.2, -0.15) is 10.1 Å². The van der Waals surface area contributed by atoms with Crippen LogP contribution in [0.5, 0.6) is 0 Å². The Labute approximate surface area is 175 Å². The van der Waals surface area contributed by atoms with Crippen LogP contribution in [0.2, 0.25) is 0 Å². The average Bonchev–Trinajstić information content (AvgIpc) is 3.49. The van der Waals surface area contributed by atoms with Crippen molar-refractivity contribution in [1.29, 1.82) is 0 Å². The molecule has 156 valence electrons. The summed E-state index contributed by atoms with van der Waals surface area (Å²) in [4.78, 5) is 39.2. The second kappa shape index (κ2) is 7.20. The predicted octanol–water partition coefficient (Wildman–Crippen LogP) is 1.76. The Kier molecular flexibility index (Phi) is 4.35. The summed E-state index contributed by atoms with van der Waals surface area (Å²) in [5.41, 5.74) is 7.71. The third-order valence-corrected chi connectivity index (χ3v) is 5.24. The number of rotatable bonds is 4. The van der Waals surface area contributed by atoms with Gasteiger partial charge in [0.25, 0.3) is 5.91 Å². The molecule has 4 aromatic rings. The molecule has 11 heteroatoms. The van der Waals surface area contributed by atoms with E-state index in [2.05, 4.69) is 31.9 Å². The molecule has 1 aliphatic heterocycles. The number of nitrogen functional groups attached to an aromatic ring is 1. The van der Waals surface area contributed by atoms with Crippen LogP contribution in [-0.4, -0.2) is 54.5 Å². The SMILES string of the molecule is C=CC(=O)N1CC[C@@H](n2nc(C(=O)Nc3nc4ccccc4o3)c3c(N)ncnc32)C1. The van der Waals surface area contributed by atoms with Gasteiger partial charge in [-0.1, -0.05) is 18.7 Å². The molecule has 11 nitrogen and oxygen atoms in total. The number of nitrogens with zero attached hydrogens (tertiary/aromatic N) is 6. The van der Waals surface area contributed by atoms with E-state index in [-0.39, 0.29) is 29.5 Å². The Hall–Kier alpha value is -4.28. The number of amides is 2. The summed E-state index contributed by atoms with van der Waals surface area (Å²) in [5.74, 6) is -0.563. The number of hydrogen-bond acceptors (Lipinski definition) is 8.